The van der Waals surface area contributed by atoms with E-state index in [1.807, 2.05) is 81.4 Å². The third-order valence-corrected chi connectivity index (χ3v) is 8.73. The summed E-state index contributed by atoms with van der Waals surface area (Å²) in [6.45, 7) is 5.50. The number of nitrogens with zero attached hydrogens (tertiary/aromatic N) is 3. The summed E-state index contributed by atoms with van der Waals surface area (Å²) < 4.78 is 5.33. The number of aliphatic hydroxyl groups is 1. The molecule has 4 N–H and O–H groups in total. The first-order valence-electron chi connectivity index (χ1n) is 15.2. The predicted molar refractivity (Wildman–Crippen MR) is 167 cm³/mol. The molecule has 0 spiro atoms. The van der Waals surface area contributed by atoms with Crippen LogP contribution < -0.4 is 11.1 Å². The molecule has 5 rings (SSSR count). The first-order chi connectivity index (χ1) is 20.4. The van der Waals surface area contributed by atoms with Gasteiger partial charge in [0.2, 0.25) is 5.91 Å². The number of carbonyl (C=O) groups is 2. The number of aromatic nitrogens is 2. The molecule has 1 heterocycles. The Morgan fingerprint density at radius 2 is 1.67 bits per heavy atom. The van der Waals surface area contributed by atoms with E-state index in [-0.39, 0.29) is 30.1 Å². The average Bonchev–Trinajstić information content (AvgIpc) is 2.96. The number of hydrogen-bond acceptors (Lipinski definition) is 7. The van der Waals surface area contributed by atoms with Gasteiger partial charge >= 0.3 is 6.09 Å². The predicted octanol–water partition coefficient (Wildman–Crippen LogP) is 5.87. The van der Waals surface area contributed by atoms with Gasteiger partial charge in [0, 0.05) is 36.2 Å². The quantitative estimate of drug-likeness (QED) is 0.301. The van der Waals surface area contributed by atoms with Crippen LogP contribution in [0.15, 0.2) is 60.7 Å². The van der Waals surface area contributed by atoms with E-state index in [1.165, 1.54) is 0 Å². The van der Waals surface area contributed by atoms with Gasteiger partial charge in [-0.05, 0) is 82.4 Å². The van der Waals surface area contributed by atoms with E-state index < -0.39 is 11.1 Å². The van der Waals surface area contributed by atoms with Crippen molar-refractivity contribution >= 4 is 17.8 Å². The van der Waals surface area contributed by atoms with Gasteiger partial charge in [-0.3, -0.25) is 4.79 Å². The van der Waals surface area contributed by atoms with Crippen LogP contribution >= 0.6 is 0 Å². The van der Waals surface area contributed by atoms with Gasteiger partial charge in [-0.25, -0.2) is 4.79 Å². The zero-order valence-electron chi connectivity index (χ0n) is 25.5. The molecule has 43 heavy (non-hydrogen) atoms. The van der Waals surface area contributed by atoms with Crippen LogP contribution in [0.3, 0.4) is 0 Å². The van der Waals surface area contributed by atoms with Crippen molar-refractivity contribution in [3.8, 4) is 22.4 Å². The highest BCUT2D eigenvalue weighted by Crippen LogP contribution is 2.46. The highest BCUT2D eigenvalue weighted by atomic mass is 16.6. The summed E-state index contributed by atoms with van der Waals surface area (Å²) in [5, 5.41) is 22.1. The summed E-state index contributed by atoms with van der Waals surface area (Å²) in [7, 11) is 1.79. The summed E-state index contributed by atoms with van der Waals surface area (Å²) in [6, 6.07) is 19.9. The van der Waals surface area contributed by atoms with Gasteiger partial charge in [0.25, 0.3) is 0 Å². The van der Waals surface area contributed by atoms with E-state index in [1.54, 1.807) is 11.9 Å². The smallest absolute Gasteiger partial charge is 0.410 e. The molecule has 228 valence electrons. The fourth-order valence-corrected chi connectivity index (χ4v) is 6.60. The Hall–Kier alpha value is -3.82. The topological polar surface area (TPSA) is 131 Å². The number of anilines is 1. The average molecular weight is 586 g/mol. The monoisotopic (exact) mass is 585 g/mol. The Bertz CT molecular complexity index is 1420. The van der Waals surface area contributed by atoms with Gasteiger partial charge in [0.15, 0.2) is 5.82 Å². The summed E-state index contributed by atoms with van der Waals surface area (Å²) in [6.07, 6.45) is 4.43. The van der Waals surface area contributed by atoms with E-state index in [2.05, 4.69) is 15.5 Å². The number of rotatable bonds is 8. The van der Waals surface area contributed by atoms with Gasteiger partial charge in [0.1, 0.15) is 5.69 Å². The Morgan fingerprint density at radius 1 is 1.02 bits per heavy atom. The van der Waals surface area contributed by atoms with Crippen LogP contribution in [0.5, 0.6) is 0 Å². The third-order valence-electron chi connectivity index (χ3n) is 8.73. The normalized spacial score (nSPS) is 25.1. The summed E-state index contributed by atoms with van der Waals surface area (Å²) >= 11 is 0. The number of amides is 2. The second-order valence-electron chi connectivity index (χ2n) is 12.9. The molecule has 2 aliphatic carbocycles. The molecular formula is C34H43N5O4. The maximum Gasteiger partial charge on any atom is 0.410 e. The minimum absolute atomic E-state index is 0.0916. The highest BCUT2D eigenvalue weighted by molar-refractivity contribution is 5.91. The lowest BCUT2D eigenvalue weighted by Crippen LogP contribution is -2.58. The second kappa shape index (κ2) is 12.4. The zero-order valence-corrected chi connectivity index (χ0v) is 25.5. The van der Waals surface area contributed by atoms with Crippen LogP contribution in [0.25, 0.3) is 22.4 Å². The van der Waals surface area contributed by atoms with E-state index in [0.717, 1.165) is 47.9 Å². The third kappa shape index (κ3) is 7.22. The van der Waals surface area contributed by atoms with Crippen molar-refractivity contribution in [2.75, 3.05) is 12.4 Å². The molecule has 2 aliphatic rings. The SMILES string of the molecule is CC(C)OC(=O)N(C)C1CCC(CC(=O)Nc2cc(-c3ccccc3)c(-c3ccc(C4(N)CC(C)(O)C4)cc3)nn2)CC1. The van der Waals surface area contributed by atoms with Crippen LogP contribution in [-0.2, 0) is 15.1 Å². The minimum Gasteiger partial charge on any atom is -0.447 e. The lowest BCUT2D eigenvalue weighted by Gasteiger charge is -2.49. The Labute approximate surface area is 253 Å². The molecule has 0 unspecified atom stereocenters. The van der Waals surface area contributed by atoms with Crippen LogP contribution in [0.1, 0.15) is 71.3 Å². The number of ether oxygens (including phenoxy) is 1. The van der Waals surface area contributed by atoms with E-state index in [0.29, 0.717) is 30.8 Å². The molecule has 2 aromatic carbocycles. The van der Waals surface area contributed by atoms with E-state index >= 15 is 0 Å². The lowest BCUT2D eigenvalue weighted by molar-refractivity contribution is -0.117. The van der Waals surface area contributed by atoms with Crippen molar-refractivity contribution in [2.24, 2.45) is 11.7 Å². The second-order valence-corrected chi connectivity index (χ2v) is 12.9. The molecule has 1 aromatic heterocycles. The standard InChI is InChI=1S/C34H43N5O4/c1-22(2)43-32(41)39(4)27-16-10-23(11-17-27)18-30(40)36-29-19-28(24-8-6-5-7-9-24)31(38-37-29)25-12-14-26(15-13-25)34(35)20-33(3,42)21-34/h5-9,12-15,19,22-23,27,42H,10-11,16-18,20-21,35H2,1-4H3,(H,36,37,40). The van der Waals surface area contributed by atoms with E-state index in [4.69, 9.17) is 10.5 Å². The number of nitrogens with one attached hydrogen (secondary N) is 1. The number of nitrogens with two attached hydrogens (primary N) is 1. The number of hydrogen-bond donors (Lipinski definition) is 3. The van der Waals surface area contributed by atoms with Crippen molar-refractivity contribution in [3.63, 3.8) is 0 Å². The summed E-state index contributed by atoms with van der Waals surface area (Å²) in [5.74, 6) is 0.563. The van der Waals surface area contributed by atoms with Crippen molar-refractivity contribution in [1.29, 1.82) is 0 Å². The molecule has 2 saturated carbocycles. The molecule has 0 radical (unpaired) electrons. The lowest BCUT2D eigenvalue weighted by atomic mass is 9.63. The van der Waals surface area contributed by atoms with Gasteiger partial charge in [-0.15, -0.1) is 10.2 Å². The molecule has 9 heteroatoms. The van der Waals surface area contributed by atoms with Gasteiger partial charge in [-0.1, -0.05) is 54.6 Å². The maximum atomic E-state index is 13.0. The largest absolute Gasteiger partial charge is 0.447 e. The van der Waals surface area contributed by atoms with Crippen LogP contribution in [-0.4, -0.2) is 57.0 Å². The molecule has 2 amide bonds. The zero-order chi connectivity index (χ0) is 30.8. The molecular weight excluding hydrogens is 542 g/mol. The molecule has 0 atom stereocenters. The maximum absolute atomic E-state index is 13.0. The van der Waals surface area contributed by atoms with Crippen LogP contribution in [0.2, 0.25) is 0 Å². The molecule has 9 nitrogen and oxygen atoms in total. The minimum atomic E-state index is -0.723. The Morgan fingerprint density at radius 3 is 2.28 bits per heavy atom. The first kappa shape index (κ1) is 30.6. The van der Waals surface area contributed by atoms with Crippen molar-refractivity contribution in [2.45, 2.75) is 89.0 Å². The van der Waals surface area contributed by atoms with Crippen molar-refractivity contribution in [3.05, 3.63) is 66.2 Å². The van der Waals surface area contributed by atoms with Gasteiger partial charge in [0.05, 0.1) is 11.7 Å². The van der Waals surface area contributed by atoms with Gasteiger partial charge in [-0.2, -0.15) is 0 Å². The highest BCUT2D eigenvalue weighted by Gasteiger charge is 2.49. The summed E-state index contributed by atoms with van der Waals surface area (Å²) in [5.41, 5.74) is 9.71. The summed E-state index contributed by atoms with van der Waals surface area (Å²) in [4.78, 5) is 27.0. The Balaban J connectivity index is 1.25. The van der Waals surface area contributed by atoms with Crippen LogP contribution in [0.4, 0.5) is 10.6 Å². The van der Waals surface area contributed by atoms with Crippen molar-refractivity contribution < 1.29 is 19.4 Å². The van der Waals surface area contributed by atoms with Crippen LogP contribution in [0, 0.1) is 5.92 Å². The fraction of sp³-hybridized carbons (Fsp3) is 0.471. The number of carbonyl (C=O) groups excluding carboxylic acids is 2. The molecule has 0 saturated heterocycles. The van der Waals surface area contributed by atoms with E-state index in [9.17, 15) is 14.7 Å². The molecule has 0 aliphatic heterocycles. The van der Waals surface area contributed by atoms with Crippen molar-refractivity contribution in [1.82, 2.24) is 15.1 Å². The molecule has 2 fully saturated rings. The van der Waals surface area contributed by atoms with Gasteiger partial charge < -0.3 is 25.8 Å². The molecule has 3 aromatic rings. The Kier molecular flexibility index (Phi) is 8.85. The number of benzene rings is 2. The first-order valence-corrected chi connectivity index (χ1v) is 15.2. The molecule has 0 bridgehead atoms. The fourth-order valence-electron chi connectivity index (χ4n) is 6.60.